The summed E-state index contributed by atoms with van der Waals surface area (Å²) in [6.45, 7) is 4.55. The summed E-state index contributed by atoms with van der Waals surface area (Å²) < 4.78 is 5.07. The van der Waals surface area contributed by atoms with E-state index in [9.17, 15) is 0 Å². The highest BCUT2D eigenvalue weighted by Gasteiger charge is 2.16. The van der Waals surface area contributed by atoms with E-state index in [4.69, 9.17) is 9.36 Å². The molecule has 1 N–H and O–H groups in total. The van der Waals surface area contributed by atoms with Crippen LogP contribution in [0.15, 0.2) is 4.52 Å². The van der Waals surface area contributed by atoms with Gasteiger partial charge in [0.25, 0.3) is 0 Å². The second-order valence-corrected chi connectivity index (χ2v) is 4.15. The zero-order valence-corrected chi connectivity index (χ0v) is 9.38. The van der Waals surface area contributed by atoms with Gasteiger partial charge in [0.15, 0.2) is 0 Å². The van der Waals surface area contributed by atoms with Crippen LogP contribution in [0.2, 0.25) is 0 Å². The molecule has 84 valence electrons. The Morgan fingerprint density at radius 3 is 2.73 bits per heavy atom. The van der Waals surface area contributed by atoms with Crippen molar-refractivity contribution in [1.82, 2.24) is 10.6 Å². The lowest BCUT2D eigenvalue weighted by molar-refractivity contribution is -0.0246. The fraction of sp³-hybridized carbons (Fsp3) is 0.727. The van der Waals surface area contributed by atoms with Crippen molar-refractivity contribution in [1.29, 1.82) is 0 Å². The van der Waals surface area contributed by atoms with E-state index in [0.717, 1.165) is 17.0 Å². The molecule has 1 aliphatic rings. The summed E-state index contributed by atoms with van der Waals surface area (Å²) in [5, 5.41) is 3.90. The first-order valence-electron chi connectivity index (χ1n) is 5.57. The molecule has 4 nitrogen and oxygen atoms in total. The van der Waals surface area contributed by atoms with E-state index < -0.39 is 0 Å². The van der Waals surface area contributed by atoms with Crippen LogP contribution in [-0.4, -0.2) is 11.3 Å². The Balaban J connectivity index is 1.77. The topological polar surface area (TPSA) is 47.3 Å². The lowest BCUT2D eigenvalue weighted by Gasteiger charge is -2.11. The summed E-state index contributed by atoms with van der Waals surface area (Å²) in [6, 6.07) is 0. The Morgan fingerprint density at radius 2 is 2.13 bits per heavy atom. The molecule has 0 amide bonds. The molecule has 0 aromatic carbocycles. The smallest absolute Gasteiger partial charge is 0.138 e. The highest BCUT2D eigenvalue weighted by Crippen LogP contribution is 2.20. The van der Waals surface area contributed by atoms with Crippen molar-refractivity contribution in [2.45, 2.75) is 52.2 Å². The fourth-order valence-corrected chi connectivity index (χ4v) is 1.99. The average Bonchev–Trinajstić information content (AvgIpc) is 2.82. The van der Waals surface area contributed by atoms with Gasteiger partial charge < -0.3 is 4.52 Å². The summed E-state index contributed by atoms with van der Waals surface area (Å²) in [7, 11) is 0. The van der Waals surface area contributed by atoms with E-state index in [0.29, 0.717) is 12.6 Å². The molecule has 1 aromatic rings. The average molecular weight is 210 g/mol. The normalized spacial score (nSPS) is 17.5. The van der Waals surface area contributed by atoms with Gasteiger partial charge in [-0.05, 0) is 26.7 Å². The number of nitrogens with zero attached hydrogens (tertiary/aromatic N) is 1. The molecule has 4 heteroatoms. The predicted molar refractivity (Wildman–Crippen MR) is 56.2 cm³/mol. The minimum absolute atomic E-state index is 0.394. The van der Waals surface area contributed by atoms with Gasteiger partial charge in [-0.25, -0.2) is 0 Å². The predicted octanol–water partition coefficient (Wildman–Crippen LogP) is 2.26. The van der Waals surface area contributed by atoms with E-state index in [1.807, 2.05) is 13.8 Å². The number of hydrogen-bond donors (Lipinski definition) is 1. The van der Waals surface area contributed by atoms with Crippen LogP contribution in [0.4, 0.5) is 0 Å². The molecule has 0 bridgehead atoms. The van der Waals surface area contributed by atoms with Gasteiger partial charge in [0.1, 0.15) is 5.76 Å². The van der Waals surface area contributed by atoms with E-state index in [1.165, 1.54) is 25.7 Å². The molecule has 0 spiro atoms. The molecular formula is C11H18N2O2. The lowest BCUT2D eigenvalue weighted by Crippen LogP contribution is -2.21. The number of rotatable bonds is 4. The van der Waals surface area contributed by atoms with Gasteiger partial charge in [-0.3, -0.25) is 4.84 Å². The quantitative estimate of drug-likeness (QED) is 0.774. The number of nitrogens with one attached hydrogen (secondary N) is 1. The molecule has 1 aliphatic carbocycles. The maximum atomic E-state index is 5.57. The van der Waals surface area contributed by atoms with Gasteiger partial charge >= 0.3 is 0 Å². The lowest BCUT2D eigenvalue weighted by atomic mass is 10.2. The number of aryl methyl sites for hydroxylation is 2. The van der Waals surface area contributed by atoms with Crippen LogP contribution in [0, 0.1) is 13.8 Å². The van der Waals surface area contributed by atoms with Crippen molar-refractivity contribution in [2.75, 3.05) is 0 Å². The summed E-state index contributed by atoms with van der Waals surface area (Å²) in [6.07, 6.45) is 5.32. The fourth-order valence-electron chi connectivity index (χ4n) is 1.99. The van der Waals surface area contributed by atoms with Gasteiger partial charge in [0.2, 0.25) is 0 Å². The minimum Gasteiger partial charge on any atom is -0.361 e. The summed E-state index contributed by atoms with van der Waals surface area (Å²) in [4.78, 5) is 5.57. The third kappa shape index (κ3) is 2.58. The summed E-state index contributed by atoms with van der Waals surface area (Å²) in [5.41, 5.74) is 5.06. The van der Waals surface area contributed by atoms with Gasteiger partial charge in [-0.15, -0.1) is 0 Å². The first-order valence-corrected chi connectivity index (χ1v) is 5.57. The Labute approximate surface area is 89.9 Å². The first kappa shape index (κ1) is 10.6. The van der Waals surface area contributed by atoms with Crippen molar-refractivity contribution in [2.24, 2.45) is 0 Å². The molecule has 1 heterocycles. The molecule has 1 fully saturated rings. The van der Waals surface area contributed by atoms with Crippen LogP contribution < -0.4 is 5.48 Å². The van der Waals surface area contributed by atoms with Crippen LogP contribution in [0.25, 0.3) is 0 Å². The molecule has 0 unspecified atom stereocenters. The van der Waals surface area contributed by atoms with Gasteiger partial charge in [-0.2, -0.15) is 5.48 Å². The van der Waals surface area contributed by atoms with Crippen LogP contribution in [0.5, 0.6) is 0 Å². The first-order chi connectivity index (χ1) is 7.27. The second-order valence-electron chi connectivity index (χ2n) is 4.15. The molecule has 0 aliphatic heterocycles. The Bertz CT molecular complexity index is 297. The van der Waals surface area contributed by atoms with Gasteiger partial charge in [0, 0.05) is 5.56 Å². The Morgan fingerprint density at radius 1 is 1.40 bits per heavy atom. The second kappa shape index (κ2) is 4.77. The maximum Gasteiger partial charge on any atom is 0.138 e. The van der Waals surface area contributed by atoms with Crippen molar-refractivity contribution < 1.29 is 9.36 Å². The van der Waals surface area contributed by atoms with Gasteiger partial charge in [0.05, 0.1) is 18.3 Å². The third-order valence-electron chi connectivity index (χ3n) is 2.98. The van der Waals surface area contributed by atoms with E-state index in [2.05, 4.69) is 10.6 Å². The van der Waals surface area contributed by atoms with Crippen molar-refractivity contribution >= 4 is 0 Å². The van der Waals surface area contributed by atoms with E-state index >= 15 is 0 Å². The monoisotopic (exact) mass is 210 g/mol. The standard InChI is InChI=1S/C11H18N2O2/c1-8-11(9(2)14-13-8)7-12-15-10-5-3-4-6-10/h10,12H,3-7H2,1-2H3. The van der Waals surface area contributed by atoms with Gasteiger partial charge in [-0.1, -0.05) is 18.0 Å². The third-order valence-corrected chi connectivity index (χ3v) is 2.98. The Hall–Kier alpha value is -0.870. The summed E-state index contributed by atoms with van der Waals surface area (Å²) >= 11 is 0. The van der Waals surface area contributed by atoms with E-state index in [1.54, 1.807) is 0 Å². The zero-order chi connectivity index (χ0) is 10.7. The van der Waals surface area contributed by atoms with Crippen molar-refractivity contribution in [3.8, 4) is 0 Å². The van der Waals surface area contributed by atoms with E-state index in [-0.39, 0.29) is 0 Å². The van der Waals surface area contributed by atoms with Crippen LogP contribution in [-0.2, 0) is 11.4 Å². The zero-order valence-electron chi connectivity index (χ0n) is 9.38. The largest absolute Gasteiger partial charge is 0.361 e. The number of hydrogen-bond acceptors (Lipinski definition) is 4. The molecule has 15 heavy (non-hydrogen) atoms. The number of aromatic nitrogens is 1. The molecule has 0 radical (unpaired) electrons. The minimum atomic E-state index is 0.394. The highest BCUT2D eigenvalue weighted by molar-refractivity contribution is 5.19. The molecule has 1 aromatic heterocycles. The summed E-state index contributed by atoms with van der Waals surface area (Å²) in [5.74, 6) is 0.870. The van der Waals surface area contributed by atoms with Crippen molar-refractivity contribution in [3.05, 3.63) is 17.0 Å². The maximum absolute atomic E-state index is 5.57. The SMILES string of the molecule is Cc1noc(C)c1CNOC1CCCC1. The van der Waals surface area contributed by atoms with Crippen molar-refractivity contribution in [3.63, 3.8) is 0 Å². The molecule has 1 saturated carbocycles. The molecular weight excluding hydrogens is 192 g/mol. The van der Waals surface area contributed by atoms with Crippen LogP contribution in [0.3, 0.4) is 0 Å². The highest BCUT2D eigenvalue weighted by atomic mass is 16.7. The molecule has 2 rings (SSSR count). The van der Waals surface area contributed by atoms with Crippen LogP contribution in [0.1, 0.15) is 42.7 Å². The number of hydroxylamine groups is 1. The Kier molecular flexibility index (Phi) is 3.38. The molecule has 0 saturated heterocycles. The molecule has 0 atom stereocenters. The van der Waals surface area contributed by atoms with Crippen LogP contribution >= 0.6 is 0 Å².